The van der Waals surface area contributed by atoms with Gasteiger partial charge in [-0.15, -0.1) is 0 Å². The lowest BCUT2D eigenvalue weighted by Gasteiger charge is -2.36. The van der Waals surface area contributed by atoms with Gasteiger partial charge in [0.1, 0.15) is 17.9 Å². The Labute approximate surface area is 219 Å². The summed E-state index contributed by atoms with van der Waals surface area (Å²) >= 11 is 0. The van der Waals surface area contributed by atoms with E-state index in [1.54, 1.807) is 38.3 Å². The maximum atomic E-state index is 13.8. The van der Waals surface area contributed by atoms with Gasteiger partial charge in [-0.25, -0.2) is 4.79 Å². The van der Waals surface area contributed by atoms with Crippen LogP contribution in [0.1, 0.15) is 42.7 Å². The number of hydrogen-bond acceptors (Lipinski definition) is 8. The molecule has 1 aliphatic carbocycles. The monoisotopic (exact) mass is 515 g/mol. The smallest absolute Gasteiger partial charge is 0.336 e. The molecule has 2 aromatic carbocycles. The summed E-state index contributed by atoms with van der Waals surface area (Å²) in [5, 5.41) is 3.68. The molecule has 1 aliphatic heterocycles. The predicted molar refractivity (Wildman–Crippen MR) is 141 cm³/mol. The molecule has 5 rings (SSSR count). The summed E-state index contributed by atoms with van der Waals surface area (Å²) < 4.78 is 21.8. The van der Waals surface area contributed by atoms with Crippen molar-refractivity contribution < 1.29 is 28.2 Å². The Kier molecular flexibility index (Phi) is 7.15. The van der Waals surface area contributed by atoms with Crippen molar-refractivity contribution in [3.63, 3.8) is 0 Å². The summed E-state index contributed by atoms with van der Waals surface area (Å²) in [6.07, 6.45) is 2.09. The maximum Gasteiger partial charge on any atom is 0.336 e. The lowest BCUT2D eigenvalue weighted by molar-refractivity contribution is -0.140. The predicted octanol–water partition coefficient (Wildman–Crippen LogP) is 4.35. The van der Waals surface area contributed by atoms with Crippen molar-refractivity contribution in [2.24, 2.45) is 0 Å². The van der Waals surface area contributed by atoms with Gasteiger partial charge in [0, 0.05) is 42.0 Å². The Morgan fingerprint density at radius 3 is 2.55 bits per heavy atom. The second-order valence-corrected chi connectivity index (χ2v) is 9.40. The van der Waals surface area contributed by atoms with Crippen molar-refractivity contribution in [2.75, 3.05) is 27.4 Å². The number of benzene rings is 2. The summed E-state index contributed by atoms with van der Waals surface area (Å²) in [6.45, 7) is 2.02. The molecule has 1 aromatic heterocycles. The number of fused-ring (bicyclic) bond motifs is 1. The average molecular weight is 516 g/mol. The van der Waals surface area contributed by atoms with Crippen LogP contribution in [-0.4, -0.2) is 39.2 Å². The molecule has 38 heavy (non-hydrogen) atoms. The highest BCUT2D eigenvalue weighted by Gasteiger charge is 2.43. The number of rotatable bonds is 7. The molecular formula is C30H29NO7. The Morgan fingerprint density at radius 2 is 1.76 bits per heavy atom. The number of nitrogens with one attached hydrogen (secondary N) is 1. The molecule has 0 bridgehead atoms. The third-order valence-electron chi connectivity index (χ3n) is 7.16. The highest BCUT2D eigenvalue weighted by Crippen LogP contribution is 2.46. The van der Waals surface area contributed by atoms with Crippen molar-refractivity contribution >= 4 is 22.7 Å². The van der Waals surface area contributed by atoms with E-state index in [2.05, 4.69) is 5.32 Å². The third kappa shape index (κ3) is 4.52. The van der Waals surface area contributed by atoms with Crippen LogP contribution in [0.4, 0.5) is 0 Å². The van der Waals surface area contributed by atoms with Gasteiger partial charge < -0.3 is 23.9 Å². The molecule has 2 heterocycles. The average Bonchev–Trinajstić information content (AvgIpc) is 2.92. The van der Waals surface area contributed by atoms with Gasteiger partial charge >= 0.3 is 5.97 Å². The molecule has 1 N–H and O–H groups in total. The molecule has 0 saturated carbocycles. The topological polar surface area (TPSA) is 104 Å². The van der Waals surface area contributed by atoms with Crippen molar-refractivity contribution in [3.05, 3.63) is 98.7 Å². The van der Waals surface area contributed by atoms with E-state index in [1.807, 2.05) is 24.3 Å². The zero-order valence-electron chi connectivity index (χ0n) is 21.5. The number of esters is 1. The van der Waals surface area contributed by atoms with Crippen LogP contribution < -0.4 is 15.5 Å². The van der Waals surface area contributed by atoms with Gasteiger partial charge in [0.05, 0.1) is 36.9 Å². The molecule has 2 atom stereocenters. The number of carbonyl (C=O) groups is 2. The number of ketones is 1. The number of hydrogen-bond donors (Lipinski definition) is 1. The van der Waals surface area contributed by atoms with Crippen LogP contribution in [-0.2, 0) is 19.1 Å². The Bertz CT molecular complexity index is 1530. The van der Waals surface area contributed by atoms with Crippen LogP contribution in [0.5, 0.6) is 5.75 Å². The SMILES string of the molecule is COCCOC(=O)C1=C(C)NC2=C(C(=O)C[C@H](c3ccccc3OC)C2)[C@H]1c1coc2ccccc2c1=O. The molecule has 8 nitrogen and oxygen atoms in total. The molecule has 0 spiro atoms. The van der Waals surface area contributed by atoms with E-state index in [0.29, 0.717) is 40.1 Å². The van der Waals surface area contributed by atoms with Gasteiger partial charge in [-0.3, -0.25) is 9.59 Å². The Hall–Kier alpha value is -4.17. The normalized spacial score (nSPS) is 19.3. The minimum atomic E-state index is -0.923. The van der Waals surface area contributed by atoms with Gasteiger partial charge in [-0.1, -0.05) is 30.3 Å². The summed E-state index contributed by atoms with van der Waals surface area (Å²) in [6, 6.07) is 14.6. The van der Waals surface area contributed by atoms with Crippen LogP contribution in [0, 0.1) is 0 Å². The Balaban J connectivity index is 1.64. The summed E-state index contributed by atoms with van der Waals surface area (Å²) in [5.74, 6) is -1.10. The molecule has 0 fully saturated rings. The Morgan fingerprint density at radius 1 is 1.00 bits per heavy atom. The first kappa shape index (κ1) is 25.5. The van der Waals surface area contributed by atoms with Crippen molar-refractivity contribution in [1.82, 2.24) is 5.32 Å². The van der Waals surface area contributed by atoms with Gasteiger partial charge in [0.25, 0.3) is 0 Å². The van der Waals surface area contributed by atoms with Crippen molar-refractivity contribution in [2.45, 2.75) is 31.6 Å². The number of dihydropyridines is 1. The number of Topliss-reactive ketones (excluding diaryl/α,β-unsaturated/α-hetero) is 1. The van der Waals surface area contributed by atoms with E-state index < -0.39 is 11.9 Å². The number of ether oxygens (including phenoxy) is 3. The van der Waals surface area contributed by atoms with Gasteiger partial charge in [-0.2, -0.15) is 0 Å². The van der Waals surface area contributed by atoms with Gasteiger partial charge in [-0.05, 0) is 37.1 Å². The minimum Gasteiger partial charge on any atom is -0.496 e. The number of allylic oxidation sites excluding steroid dienone is 3. The summed E-state index contributed by atoms with van der Waals surface area (Å²) in [4.78, 5) is 40.9. The quantitative estimate of drug-likeness (QED) is 0.366. The molecular weight excluding hydrogens is 486 g/mol. The summed E-state index contributed by atoms with van der Waals surface area (Å²) in [7, 11) is 3.12. The van der Waals surface area contributed by atoms with Crippen LogP contribution in [0.25, 0.3) is 11.0 Å². The lowest BCUT2D eigenvalue weighted by atomic mass is 9.71. The third-order valence-corrected chi connectivity index (χ3v) is 7.16. The first-order chi connectivity index (χ1) is 18.4. The zero-order valence-corrected chi connectivity index (χ0v) is 21.5. The second-order valence-electron chi connectivity index (χ2n) is 9.40. The van der Waals surface area contributed by atoms with Crippen LogP contribution in [0.3, 0.4) is 0 Å². The summed E-state index contributed by atoms with van der Waals surface area (Å²) in [5.41, 5.74) is 3.11. The van der Waals surface area contributed by atoms with Gasteiger partial charge in [0.2, 0.25) is 0 Å². The molecule has 8 heteroatoms. The lowest BCUT2D eigenvalue weighted by Crippen LogP contribution is -2.37. The number of methoxy groups -OCH3 is 2. The number of para-hydroxylation sites is 2. The molecule has 3 aromatic rings. The highest BCUT2D eigenvalue weighted by atomic mass is 16.6. The molecule has 0 saturated heterocycles. The van der Waals surface area contributed by atoms with Crippen LogP contribution in [0.2, 0.25) is 0 Å². The fourth-order valence-corrected chi connectivity index (χ4v) is 5.43. The van der Waals surface area contributed by atoms with E-state index >= 15 is 0 Å². The van der Waals surface area contributed by atoms with E-state index in [-0.39, 0.29) is 47.9 Å². The second kappa shape index (κ2) is 10.7. The molecule has 196 valence electrons. The van der Waals surface area contributed by atoms with Gasteiger partial charge in [0.15, 0.2) is 11.2 Å². The van der Waals surface area contributed by atoms with E-state index in [1.165, 1.54) is 13.4 Å². The zero-order chi connectivity index (χ0) is 26.8. The highest BCUT2D eigenvalue weighted by molar-refractivity contribution is 6.04. The minimum absolute atomic E-state index is 0.0425. The molecule has 0 amide bonds. The fourth-order valence-electron chi connectivity index (χ4n) is 5.43. The standard InChI is InChI=1S/C30H29NO7/c1-17-26(30(34)37-13-12-35-2)27(21-16-38-25-11-7-5-9-20(25)29(21)33)28-22(31-17)14-18(15-23(28)32)19-8-4-6-10-24(19)36-3/h4-11,16,18,27,31H,12-15H2,1-3H3/t18-,27+/m1/s1. The number of carbonyl (C=O) groups excluding carboxylic acids is 2. The fraction of sp³-hybridized carbons (Fsp3) is 0.300. The van der Waals surface area contributed by atoms with E-state index in [9.17, 15) is 14.4 Å². The largest absolute Gasteiger partial charge is 0.496 e. The first-order valence-electron chi connectivity index (χ1n) is 12.5. The maximum absolute atomic E-state index is 13.8. The van der Waals surface area contributed by atoms with E-state index in [0.717, 1.165) is 5.56 Å². The molecule has 0 radical (unpaired) electrons. The molecule has 0 unspecified atom stereocenters. The van der Waals surface area contributed by atoms with E-state index in [4.69, 9.17) is 18.6 Å². The first-order valence-corrected chi connectivity index (χ1v) is 12.5. The van der Waals surface area contributed by atoms with Crippen LogP contribution >= 0.6 is 0 Å². The molecule has 2 aliphatic rings. The van der Waals surface area contributed by atoms with Crippen molar-refractivity contribution in [3.8, 4) is 5.75 Å². The van der Waals surface area contributed by atoms with Crippen molar-refractivity contribution in [1.29, 1.82) is 0 Å². The van der Waals surface area contributed by atoms with Crippen LogP contribution in [0.15, 0.2) is 86.5 Å².